The van der Waals surface area contributed by atoms with Gasteiger partial charge < -0.3 is 5.32 Å². The summed E-state index contributed by atoms with van der Waals surface area (Å²) in [6, 6.07) is 17.9. The molecule has 2 N–H and O–H groups in total. The minimum absolute atomic E-state index is 0.0646. The lowest BCUT2D eigenvalue weighted by molar-refractivity contribution is -0.110. The molecule has 2 aromatic carbocycles. The fourth-order valence-electron chi connectivity index (χ4n) is 3.18. The van der Waals surface area contributed by atoms with Crippen LogP contribution < -0.4 is 5.32 Å². The molecule has 0 unspecified atom stereocenters. The smallest absolute Gasteiger partial charge is 0.256 e. The Balaban J connectivity index is 1.60. The summed E-state index contributed by atoms with van der Waals surface area (Å²) in [7, 11) is 0. The number of H-pyrrole nitrogens is 1. The van der Waals surface area contributed by atoms with Gasteiger partial charge in [0.2, 0.25) is 0 Å². The van der Waals surface area contributed by atoms with Crippen LogP contribution in [0.25, 0.3) is 33.1 Å². The molecule has 1 aliphatic heterocycles. The minimum atomic E-state index is -0.0646. The van der Waals surface area contributed by atoms with E-state index in [9.17, 15) is 4.79 Å². The first-order valence-electron chi connectivity index (χ1n) is 7.94. The number of aromatic nitrogens is 2. The average molecular weight is 343 g/mol. The Hall–Kier alpha value is -3.18. The predicted octanol–water partition coefficient (Wildman–Crippen LogP) is 4.78. The summed E-state index contributed by atoms with van der Waals surface area (Å²) in [5.74, 6) is -0.0646. The second-order valence-electron chi connectivity index (χ2n) is 5.91. The second kappa shape index (κ2) is 5.43. The summed E-state index contributed by atoms with van der Waals surface area (Å²) in [6.07, 6.45) is 1.92. The maximum atomic E-state index is 12.3. The van der Waals surface area contributed by atoms with E-state index >= 15 is 0 Å². The Labute approximate surface area is 147 Å². The molecule has 5 heteroatoms. The van der Waals surface area contributed by atoms with Crippen LogP contribution in [0.1, 0.15) is 11.1 Å². The first kappa shape index (κ1) is 14.2. The summed E-state index contributed by atoms with van der Waals surface area (Å²) in [5.41, 5.74) is 5.39. The van der Waals surface area contributed by atoms with Gasteiger partial charge in [-0.1, -0.05) is 30.3 Å². The number of hydrogen-bond acceptors (Lipinski definition) is 3. The van der Waals surface area contributed by atoms with Gasteiger partial charge in [-0.2, -0.15) is 5.10 Å². The highest BCUT2D eigenvalue weighted by Gasteiger charge is 2.23. The summed E-state index contributed by atoms with van der Waals surface area (Å²) >= 11 is 1.67. The summed E-state index contributed by atoms with van der Waals surface area (Å²) < 4.78 is 0. The average Bonchev–Trinajstić information content (AvgIpc) is 3.34. The van der Waals surface area contributed by atoms with Gasteiger partial charge in [-0.15, -0.1) is 11.3 Å². The highest BCUT2D eigenvalue weighted by Crippen LogP contribution is 2.34. The van der Waals surface area contributed by atoms with Crippen molar-refractivity contribution in [2.24, 2.45) is 0 Å². The van der Waals surface area contributed by atoms with Gasteiger partial charge in [0.25, 0.3) is 5.91 Å². The molecule has 0 fully saturated rings. The van der Waals surface area contributed by atoms with Gasteiger partial charge in [0.15, 0.2) is 0 Å². The first-order chi connectivity index (χ1) is 12.3. The number of fused-ring (bicyclic) bond motifs is 2. The van der Waals surface area contributed by atoms with E-state index < -0.39 is 0 Å². The van der Waals surface area contributed by atoms with Crippen molar-refractivity contribution in [3.8, 4) is 10.6 Å². The number of carbonyl (C=O) groups is 1. The topological polar surface area (TPSA) is 57.8 Å². The Morgan fingerprint density at radius 3 is 2.84 bits per heavy atom. The molecule has 120 valence electrons. The molecular formula is C20H13N3OS. The van der Waals surface area contributed by atoms with Gasteiger partial charge in [0.1, 0.15) is 5.69 Å². The lowest BCUT2D eigenvalue weighted by Crippen LogP contribution is -2.03. The molecular weight excluding hydrogens is 330 g/mol. The van der Waals surface area contributed by atoms with Crippen LogP contribution in [0.5, 0.6) is 0 Å². The molecule has 2 aromatic heterocycles. The van der Waals surface area contributed by atoms with Crippen molar-refractivity contribution in [3.63, 3.8) is 0 Å². The molecule has 0 spiro atoms. The quantitative estimate of drug-likeness (QED) is 0.514. The van der Waals surface area contributed by atoms with Gasteiger partial charge in [0.05, 0.1) is 10.4 Å². The molecule has 0 saturated carbocycles. The third kappa shape index (κ3) is 2.28. The number of para-hydroxylation sites is 1. The number of carbonyl (C=O) groups excluding carboxylic acids is 1. The normalized spacial score (nSPS) is 14.9. The Morgan fingerprint density at radius 1 is 1.04 bits per heavy atom. The number of anilines is 1. The first-order valence-corrected chi connectivity index (χ1v) is 8.82. The monoisotopic (exact) mass is 343 g/mol. The number of hydrogen-bond donors (Lipinski definition) is 2. The van der Waals surface area contributed by atoms with Crippen LogP contribution in [0.15, 0.2) is 60.0 Å². The van der Waals surface area contributed by atoms with Gasteiger partial charge >= 0.3 is 0 Å². The lowest BCUT2D eigenvalue weighted by atomic mass is 10.0. The van der Waals surface area contributed by atoms with Crippen molar-refractivity contribution in [2.75, 3.05) is 5.32 Å². The molecule has 0 saturated heterocycles. The van der Waals surface area contributed by atoms with Crippen molar-refractivity contribution in [2.45, 2.75) is 0 Å². The van der Waals surface area contributed by atoms with Crippen LogP contribution >= 0.6 is 11.3 Å². The van der Waals surface area contributed by atoms with Crippen LogP contribution in [0.2, 0.25) is 0 Å². The number of thiophene rings is 1. The zero-order chi connectivity index (χ0) is 16.8. The number of aromatic amines is 1. The highest BCUT2D eigenvalue weighted by atomic mass is 32.1. The molecule has 5 rings (SSSR count). The van der Waals surface area contributed by atoms with Gasteiger partial charge in [0, 0.05) is 22.2 Å². The van der Waals surface area contributed by atoms with Crippen LogP contribution in [-0.2, 0) is 4.79 Å². The third-order valence-corrected chi connectivity index (χ3v) is 5.24. The largest absolute Gasteiger partial charge is 0.321 e. The fourth-order valence-corrected chi connectivity index (χ4v) is 3.91. The van der Waals surface area contributed by atoms with Crippen LogP contribution in [0.4, 0.5) is 5.69 Å². The van der Waals surface area contributed by atoms with E-state index in [1.807, 2.05) is 53.9 Å². The van der Waals surface area contributed by atoms with Crippen LogP contribution in [-0.4, -0.2) is 16.1 Å². The molecule has 4 aromatic rings. The number of amides is 1. The molecule has 0 bridgehead atoms. The SMILES string of the molecule is O=C1Nc2ccccc2/C1=C\c1ccc2c(-c3cccs3)n[nH]c2c1. The summed E-state index contributed by atoms with van der Waals surface area (Å²) in [4.78, 5) is 13.4. The van der Waals surface area contributed by atoms with Gasteiger partial charge in [-0.05, 0) is 41.3 Å². The maximum Gasteiger partial charge on any atom is 0.256 e. The Bertz CT molecular complexity index is 1140. The number of benzene rings is 2. The molecule has 4 nitrogen and oxygen atoms in total. The minimum Gasteiger partial charge on any atom is -0.321 e. The predicted molar refractivity (Wildman–Crippen MR) is 102 cm³/mol. The Morgan fingerprint density at radius 2 is 1.96 bits per heavy atom. The molecule has 25 heavy (non-hydrogen) atoms. The number of nitrogens with zero attached hydrogens (tertiary/aromatic N) is 1. The van der Waals surface area contributed by atoms with Crippen molar-refractivity contribution in [1.29, 1.82) is 0 Å². The lowest BCUT2D eigenvalue weighted by Gasteiger charge is -1.99. The molecule has 1 aliphatic rings. The van der Waals surface area contributed by atoms with Crippen molar-refractivity contribution in [3.05, 3.63) is 71.1 Å². The highest BCUT2D eigenvalue weighted by molar-refractivity contribution is 7.13. The Kier molecular flexibility index (Phi) is 3.08. The zero-order valence-corrected chi connectivity index (χ0v) is 13.9. The standard InChI is InChI=1S/C20H13N3OS/c24-20-15(13-4-1-2-5-16(13)21-20)10-12-7-8-14-17(11-12)22-23-19(14)18-6-3-9-25-18/h1-11H,(H,21,24)(H,22,23)/b15-10+. The van der Waals surface area contributed by atoms with Crippen molar-refractivity contribution < 1.29 is 4.79 Å². The van der Waals surface area contributed by atoms with E-state index in [0.29, 0.717) is 5.57 Å². The van der Waals surface area contributed by atoms with E-state index in [1.165, 1.54) is 0 Å². The second-order valence-corrected chi connectivity index (χ2v) is 6.86. The zero-order valence-electron chi connectivity index (χ0n) is 13.1. The molecule has 1 amide bonds. The van der Waals surface area contributed by atoms with E-state index in [-0.39, 0.29) is 5.91 Å². The van der Waals surface area contributed by atoms with E-state index in [2.05, 4.69) is 27.6 Å². The molecule has 3 heterocycles. The third-order valence-electron chi connectivity index (χ3n) is 4.36. The van der Waals surface area contributed by atoms with Crippen molar-refractivity contribution >= 4 is 45.5 Å². The molecule has 0 atom stereocenters. The van der Waals surface area contributed by atoms with Gasteiger partial charge in [-0.25, -0.2) is 0 Å². The molecule has 0 aliphatic carbocycles. The number of rotatable bonds is 2. The number of nitrogens with one attached hydrogen (secondary N) is 2. The van der Waals surface area contributed by atoms with E-state index in [4.69, 9.17) is 0 Å². The van der Waals surface area contributed by atoms with Crippen molar-refractivity contribution in [1.82, 2.24) is 10.2 Å². The fraction of sp³-hybridized carbons (Fsp3) is 0. The summed E-state index contributed by atoms with van der Waals surface area (Å²) in [5, 5.41) is 13.6. The van der Waals surface area contributed by atoms with Gasteiger partial charge in [-0.3, -0.25) is 9.89 Å². The summed E-state index contributed by atoms with van der Waals surface area (Å²) in [6.45, 7) is 0. The molecule has 0 radical (unpaired) electrons. The van der Waals surface area contributed by atoms with Crippen LogP contribution in [0, 0.1) is 0 Å². The van der Waals surface area contributed by atoms with Crippen LogP contribution in [0.3, 0.4) is 0 Å². The maximum absolute atomic E-state index is 12.3. The van der Waals surface area contributed by atoms with E-state index in [0.717, 1.165) is 38.3 Å². The van der Waals surface area contributed by atoms with E-state index in [1.54, 1.807) is 11.3 Å².